The van der Waals surface area contributed by atoms with E-state index in [1.165, 1.54) is 23.5 Å². The Morgan fingerprint density at radius 2 is 1.87 bits per heavy atom. The lowest BCUT2D eigenvalue weighted by Crippen LogP contribution is -2.39. The summed E-state index contributed by atoms with van der Waals surface area (Å²) in [5.41, 5.74) is 2.41. The van der Waals surface area contributed by atoms with E-state index in [0.717, 1.165) is 10.2 Å². The molecule has 0 spiro atoms. The Kier molecular flexibility index (Phi) is 7.73. The third-order valence-electron chi connectivity index (χ3n) is 5.84. The van der Waals surface area contributed by atoms with Gasteiger partial charge < -0.3 is 15.0 Å². The molecule has 1 amide bonds. The first-order valence-electron chi connectivity index (χ1n) is 11.4. The van der Waals surface area contributed by atoms with Crippen LogP contribution < -0.4 is 15.5 Å². The predicted octanol–water partition coefficient (Wildman–Crippen LogP) is 6.14. The van der Waals surface area contributed by atoms with Crippen LogP contribution in [0, 0.1) is 10.1 Å². The number of thiocarbonyl (C=S) groups is 1. The van der Waals surface area contributed by atoms with E-state index < -0.39 is 10.8 Å². The van der Waals surface area contributed by atoms with Crippen LogP contribution in [0.4, 0.5) is 17.1 Å². The number of ether oxygens (including phenoxy) is 1. The molecular formula is C25H19Cl2N5O4S2. The highest BCUT2D eigenvalue weighted by atomic mass is 35.5. The standard InChI is InChI=1S/C25H19Cl2N5O4S2/c26-17-13-18(27)20(12-15(17)24-28-19-3-1-2-4-22(19)38-24)29-25(37)30-23(33)16-11-14(32(34)35)5-6-21(16)31-7-9-36-10-8-31/h1-6,11-13H,7-10H2,(H2,29,30,33,37). The highest BCUT2D eigenvalue weighted by molar-refractivity contribution is 7.80. The Morgan fingerprint density at radius 3 is 2.61 bits per heavy atom. The lowest BCUT2D eigenvalue weighted by atomic mass is 10.1. The van der Waals surface area contributed by atoms with Gasteiger partial charge in [0.15, 0.2) is 5.11 Å². The minimum atomic E-state index is -0.593. The van der Waals surface area contributed by atoms with E-state index in [2.05, 4.69) is 15.6 Å². The number of amides is 1. The molecule has 0 atom stereocenters. The summed E-state index contributed by atoms with van der Waals surface area (Å²) in [5, 5.41) is 18.3. The van der Waals surface area contributed by atoms with Crippen molar-refractivity contribution in [3.05, 3.63) is 80.3 Å². The quantitative estimate of drug-likeness (QED) is 0.163. The van der Waals surface area contributed by atoms with Crippen LogP contribution in [0.2, 0.25) is 10.0 Å². The van der Waals surface area contributed by atoms with Crippen molar-refractivity contribution in [2.24, 2.45) is 0 Å². The number of anilines is 2. The van der Waals surface area contributed by atoms with E-state index in [1.807, 2.05) is 29.2 Å². The van der Waals surface area contributed by atoms with Crippen molar-refractivity contribution in [3.8, 4) is 10.6 Å². The molecule has 2 heterocycles. The van der Waals surface area contributed by atoms with E-state index in [1.54, 1.807) is 18.2 Å². The zero-order valence-corrected chi connectivity index (χ0v) is 22.7. The number of hydrogen-bond acceptors (Lipinski definition) is 8. The Morgan fingerprint density at radius 1 is 1.11 bits per heavy atom. The van der Waals surface area contributed by atoms with Crippen molar-refractivity contribution >= 4 is 85.1 Å². The Labute approximate surface area is 236 Å². The zero-order valence-electron chi connectivity index (χ0n) is 19.6. The van der Waals surface area contributed by atoms with Gasteiger partial charge in [-0.3, -0.25) is 20.2 Å². The minimum Gasteiger partial charge on any atom is -0.378 e. The molecule has 0 saturated carbocycles. The van der Waals surface area contributed by atoms with Gasteiger partial charge in [-0.1, -0.05) is 35.3 Å². The van der Waals surface area contributed by atoms with E-state index in [9.17, 15) is 14.9 Å². The van der Waals surface area contributed by atoms with Crippen molar-refractivity contribution in [2.75, 3.05) is 36.5 Å². The fraction of sp³-hybridized carbons (Fsp3) is 0.160. The number of carbonyl (C=O) groups excluding carboxylic acids is 1. The number of halogens is 2. The van der Waals surface area contributed by atoms with E-state index >= 15 is 0 Å². The summed E-state index contributed by atoms with van der Waals surface area (Å²) in [6.07, 6.45) is 0. The molecule has 0 bridgehead atoms. The van der Waals surface area contributed by atoms with Gasteiger partial charge in [-0.2, -0.15) is 0 Å². The van der Waals surface area contributed by atoms with Crippen molar-refractivity contribution in [1.29, 1.82) is 0 Å². The van der Waals surface area contributed by atoms with E-state index in [-0.39, 0.29) is 16.4 Å². The predicted molar refractivity (Wildman–Crippen MR) is 155 cm³/mol. The second-order valence-corrected chi connectivity index (χ2v) is 10.5. The third kappa shape index (κ3) is 5.57. The molecule has 0 radical (unpaired) electrons. The number of nitrogens with zero attached hydrogens (tertiary/aromatic N) is 3. The Bertz CT molecular complexity index is 1540. The number of fused-ring (bicyclic) bond motifs is 1. The number of thiazole rings is 1. The second kappa shape index (κ2) is 11.2. The molecule has 0 aliphatic carbocycles. The molecule has 5 rings (SSSR count). The van der Waals surface area contributed by atoms with E-state index in [4.69, 9.17) is 40.2 Å². The SMILES string of the molecule is O=C(NC(=S)Nc1cc(-c2nc3ccccc3s2)c(Cl)cc1Cl)c1cc([N+](=O)[O-])ccc1N1CCOCC1. The highest BCUT2D eigenvalue weighted by Crippen LogP contribution is 2.39. The molecule has 1 saturated heterocycles. The molecule has 1 aliphatic rings. The smallest absolute Gasteiger partial charge is 0.270 e. The highest BCUT2D eigenvalue weighted by Gasteiger charge is 2.23. The van der Waals surface area contributed by atoms with Gasteiger partial charge in [0.25, 0.3) is 11.6 Å². The molecule has 38 heavy (non-hydrogen) atoms. The van der Waals surface area contributed by atoms with Gasteiger partial charge in [0.05, 0.1) is 55.3 Å². The molecule has 1 aromatic heterocycles. The van der Waals surface area contributed by atoms with Crippen molar-refractivity contribution in [3.63, 3.8) is 0 Å². The first kappa shape index (κ1) is 26.3. The molecule has 13 heteroatoms. The van der Waals surface area contributed by atoms with Crippen LogP contribution in [0.3, 0.4) is 0 Å². The minimum absolute atomic E-state index is 0.0334. The van der Waals surface area contributed by atoms with Crippen molar-refractivity contribution in [2.45, 2.75) is 0 Å². The van der Waals surface area contributed by atoms with Crippen LogP contribution in [-0.2, 0) is 4.74 Å². The number of carbonyl (C=O) groups is 1. The lowest BCUT2D eigenvalue weighted by molar-refractivity contribution is -0.384. The number of morpholine rings is 1. The van der Waals surface area contributed by atoms with Gasteiger partial charge in [0.2, 0.25) is 0 Å². The third-order valence-corrected chi connectivity index (χ3v) is 7.74. The van der Waals surface area contributed by atoms with Crippen LogP contribution >= 0.6 is 46.8 Å². The first-order valence-corrected chi connectivity index (χ1v) is 13.4. The van der Waals surface area contributed by atoms with Gasteiger partial charge in [0, 0.05) is 30.8 Å². The molecule has 194 valence electrons. The largest absolute Gasteiger partial charge is 0.378 e. The first-order chi connectivity index (χ1) is 18.3. The molecule has 2 N–H and O–H groups in total. The van der Waals surface area contributed by atoms with Crippen LogP contribution in [0.1, 0.15) is 10.4 Å². The van der Waals surface area contributed by atoms with Crippen molar-refractivity contribution < 1.29 is 14.5 Å². The number of hydrogen-bond donors (Lipinski definition) is 2. The van der Waals surface area contributed by atoms with Crippen LogP contribution in [0.25, 0.3) is 20.8 Å². The molecule has 0 unspecified atom stereocenters. The van der Waals surface area contributed by atoms with Crippen molar-refractivity contribution in [1.82, 2.24) is 10.3 Å². The number of aromatic nitrogens is 1. The number of rotatable bonds is 5. The summed E-state index contributed by atoms with van der Waals surface area (Å²) >= 11 is 19.8. The number of nitro groups is 1. The number of benzene rings is 3. The lowest BCUT2D eigenvalue weighted by Gasteiger charge is -2.30. The Balaban J connectivity index is 1.39. The number of para-hydroxylation sites is 1. The maximum Gasteiger partial charge on any atom is 0.270 e. The fourth-order valence-corrected chi connectivity index (χ4v) is 5.79. The van der Waals surface area contributed by atoms with Gasteiger partial charge in [-0.25, -0.2) is 4.98 Å². The number of nitrogens with one attached hydrogen (secondary N) is 2. The summed E-state index contributed by atoms with van der Waals surface area (Å²) in [6, 6.07) is 15.2. The summed E-state index contributed by atoms with van der Waals surface area (Å²) in [7, 11) is 0. The fourth-order valence-electron chi connectivity index (χ4n) is 4.02. The molecule has 9 nitrogen and oxygen atoms in total. The molecule has 1 fully saturated rings. The van der Waals surface area contributed by atoms with Crippen LogP contribution in [0.5, 0.6) is 0 Å². The summed E-state index contributed by atoms with van der Waals surface area (Å²) < 4.78 is 6.40. The normalized spacial score (nSPS) is 13.4. The maximum absolute atomic E-state index is 13.2. The summed E-state index contributed by atoms with van der Waals surface area (Å²) in [4.78, 5) is 30.6. The molecule has 3 aromatic carbocycles. The topological polar surface area (TPSA) is 110 Å². The summed E-state index contributed by atoms with van der Waals surface area (Å²) in [5.74, 6) is -0.593. The molecular weight excluding hydrogens is 569 g/mol. The maximum atomic E-state index is 13.2. The average molecular weight is 588 g/mol. The number of non-ortho nitro benzene ring substituents is 1. The van der Waals surface area contributed by atoms with Gasteiger partial charge in [-0.15, -0.1) is 11.3 Å². The van der Waals surface area contributed by atoms with Crippen LogP contribution in [0.15, 0.2) is 54.6 Å². The molecule has 4 aromatic rings. The van der Waals surface area contributed by atoms with Gasteiger partial charge >= 0.3 is 0 Å². The monoisotopic (exact) mass is 587 g/mol. The Hall–Kier alpha value is -3.35. The van der Waals surface area contributed by atoms with Gasteiger partial charge in [0.1, 0.15) is 5.01 Å². The number of nitro benzene ring substituents is 1. The summed E-state index contributed by atoms with van der Waals surface area (Å²) in [6.45, 7) is 2.08. The van der Waals surface area contributed by atoms with E-state index in [0.29, 0.717) is 58.3 Å². The second-order valence-electron chi connectivity index (χ2n) is 8.26. The molecule has 1 aliphatic heterocycles. The average Bonchev–Trinajstić information content (AvgIpc) is 3.34. The van der Waals surface area contributed by atoms with Crippen LogP contribution in [-0.4, -0.2) is 47.2 Å². The zero-order chi connectivity index (χ0) is 26.8. The van der Waals surface area contributed by atoms with Gasteiger partial charge in [-0.05, 0) is 42.5 Å².